The minimum atomic E-state index is -0.432. The molecule has 4 nitrogen and oxygen atoms in total. The molecule has 1 aliphatic rings. The molecule has 1 aliphatic carbocycles. The average Bonchev–Trinajstić information content (AvgIpc) is 2.36. The molecule has 0 spiro atoms. The van der Waals surface area contributed by atoms with Gasteiger partial charge in [-0.1, -0.05) is 13.3 Å². The van der Waals surface area contributed by atoms with Crippen LogP contribution in [-0.4, -0.2) is 31.7 Å². The number of carbonyl (C=O) groups is 1. The lowest BCUT2D eigenvalue weighted by molar-refractivity contribution is -0.123. The van der Waals surface area contributed by atoms with Gasteiger partial charge in [-0.2, -0.15) is 0 Å². The van der Waals surface area contributed by atoms with Crippen LogP contribution in [0.4, 0.5) is 0 Å². The van der Waals surface area contributed by atoms with Crippen molar-refractivity contribution in [3.63, 3.8) is 0 Å². The minimum Gasteiger partial charge on any atom is -0.385 e. The van der Waals surface area contributed by atoms with Gasteiger partial charge in [-0.25, -0.2) is 0 Å². The maximum Gasteiger partial charge on any atom is 0.237 e. The van der Waals surface area contributed by atoms with Crippen LogP contribution >= 0.6 is 0 Å². The number of hydrogen-bond donors (Lipinski definition) is 2. The molecule has 17 heavy (non-hydrogen) atoms. The summed E-state index contributed by atoms with van der Waals surface area (Å²) in [7, 11) is 1.62. The number of rotatable bonds is 6. The summed E-state index contributed by atoms with van der Waals surface area (Å²) in [5.74, 6) is 0.826. The van der Waals surface area contributed by atoms with Gasteiger partial charge in [0.05, 0.1) is 6.04 Å². The van der Waals surface area contributed by atoms with Crippen LogP contribution in [0.25, 0.3) is 0 Å². The summed E-state index contributed by atoms with van der Waals surface area (Å²) in [5, 5.41) is 3.05. The molecule has 0 aromatic heterocycles. The monoisotopic (exact) mass is 242 g/mol. The molecule has 1 rings (SSSR count). The van der Waals surface area contributed by atoms with Gasteiger partial charge in [0.15, 0.2) is 0 Å². The molecule has 3 N–H and O–H groups in total. The molecule has 100 valence electrons. The molecule has 0 radical (unpaired) electrons. The summed E-state index contributed by atoms with van der Waals surface area (Å²) in [4.78, 5) is 11.8. The maximum atomic E-state index is 11.8. The highest BCUT2D eigenvalue weighted by Crippen LogP contribution is 2.26. The molecule has 0 bridgehead atoms. The summed E-state index contributed by atoms with van der Waals surface area (Å²) in [6.45, 7) is 2.78. The van der Waals surface area contributed by atoms with Gasteiger partial charge < -0.3 is 15.8 Å². The maximum absolute atomic E-state index is 11.8. The number of nitrogens with two attached hydrogens (primary N) is 1. The van der Waals surface area contributed by atoms with Crippen LogP contribution in [0, 0.1) is 5.92 Å². The summed E-state index contributed by atoms with van der Waals surface area (Å²) in [6, 6.07) is -0.0993. The van der Waals surface area contributed by atoms with E-state index in [-0.39, 0.29) is 5.91 Å². The van der Waals surface area contributed by atoms with Crippen molar-refractivity contribution in [3.8, 4) is 0 Å². The first kappa shape index (κ1) is 14.5. The fraction of sp³-hybridized carbons (Fsp3) is 0.923. The average molecular weight is 242 g/mol. The van der Waals surface area contributed by atoms with E-state index in [4.69, 9.17) is 10.5 Å². The Bertz CT molecular complexity index is 225. The number of carbonyl (C=O) groups excluding carboxylic acids is 1. The Labute approximate surface area is 104 Å². The van der Waals surface area contributed by atoms with E-state index in [2.05, 4.69) is 12.2 Å². The molecule has 1 unspecified atom stereocenters. The predicted molar refractivity (Wildman–Crippen MR) is 68.6 cm³/mol. The zero-order chi connectivity index (χ0) is 12.7. The first-order valence-electron chi connectivity index (χ1n) is 6.72. The van der Waals surface area contributed by atoms with Crippen LogP contribution in [0.15, 0.2) is 0 Å². The van der Waals surface area contributed by atoms with E-state index in [1.807, 2.05) is 0 Å². The molecule has 0 saturated heterocycles. The molecule has 4 heteroatoms. The number of amides is 1. The SMILES string of the molecule is CCC1CCC(NC(=O)C(N)CCOC)CC1. The molecule has 0 heterocycles. The zero-order valence-corrected chi connectivity index (χ0v) is 11.1. The lowest BCUT2D eigenvalue weighted by atomic mass is 9.84. The van der Waals surface area contributed by atoms with Crippen molar-refractivity contribution in [2.24, 2.45) is 11.7 Å². The number of nitrogens with one attached hydrogen (secondary N) is 1. The van der Waals surface area contributed by atoms with Crippen molar-refractivity contribution in [3.05, 3.63) is 0 Å². The molecular weight excluding hydrogens is 216 g/mol. The van der Waals surface area contributed by atoms with Crippen molar-refractivity contribution >= 4 is 5.91 Å². The second kappa shape index (κ2) is 7.67. The molecule has 1 atom stereocenters. The third-order valence-corrected chi connectivity index (χ3v) is 3.74. The Hall–Kier alpha value is -0.610. The van der Waals surface area contributed by atoms with E-state index in [9.17, 15) is 4.79 Å². The Morgan fingerprint density at radius 2 is 2.06 bits per heavy atom. The Kier molecular flexibility index (Phi) is 6.52. The highest BCUT2D eigenvalue weighted by Gasteiger charge is 2.23. The third kappa shape index (κ3) is 5.04. The van der Waals surface area contributed by atoms with Crippen LogP contribution in [-0.2, 0) is 9.53 Å². The van der Waals surface area contributed by atoms with Gasteiger partial charge in [0.25, 0.3) is 0 Å². The van der Waals surface area contributed by atoms with Gasteiger partial charge in [0.2, 0.25) is 5.91 Å². The smallest absolute Gasteiger partial charge is 0.237 e. The highest BCUT2D eigenvalue weighted by molar-refractivity contribution is 5.81. The van der Waals surface area contributed by atoms with E-state index in [0.29, 0.717) is 19.1 Å². The van der Waals surface area contributed by atoms with Crippen LogP contribution in [0.1, 0.15) is 45.4 Å². The Morgan fingerprint density at radius 3 is 2.59 bits per heavy atom. The van der Waals surface area contributed by atoms with E-state index in [1.54, 1.807) is 7.11 Å². The topological polar surface area (TPSA) is 64.4 Å². The van der Waals surface area contributed by atoms with Gasteiger partial charge in [0.1, 0.15) is 0 Å². The van der Waals surface area contributed by atoms with Crippen molar-refractivity contribution < 1.29 is 9.53 Å². The van der Waals surface area contributed by atoms with Gasteiger partial charge in [-0.15, -0.1) is 0 Å². The Morgan fingerprint density at radius 1 is 1.41 bits per heavy atom. The van der Waals surface area contributed by atoms with Gasteiger partial charge in [-0.05, 0) is 38.0 Å². The minimum absolute atomic E-state index is 0.0259. The van der Waals surface area contributed by atoms with Crippen LogP contribution in [0.5, 0.6) is 0 Å². The van der Waals surface area contributed by atoms with Gasteiger partial charge >= 0.3 is 0 Å². The quantitative estimate of drug-likeness (QED) is 0.740. The second-order valence-corrected chi connectivity index (χ2v) is 5.02. The van der Waals surface area contributed by atoms with Crippen molar-refractivity contribution in [1.82, 2.24) is 5.32 Å². The first-order valence-corrected chi connectivity index (χ1v) is 6.72. The zero-order valence-electron chi connectivity index (χ0n) is 11.1. The summed E-state index contributed by atoms with van der Waals surface area (Å²) in [6.07, 6.45) is 6.51. The molecule has 0 aliphatic heterocycles. The largest absolute Gasteiger partial charge is 0.385 e. The molecular formula is C13H26N2O2. The fourth-order valence-electron chi connectivity index (χ4n) is 2.40. The lowest BCUT2D eigenvalue weighted by Gasteiger charge is -2.29. The van der Waals surface area contributed by atoms with E-state index in [1.165, 1.54) is 19.3 Å². The summed E-state index contributed by atoms with van der Waals surface area (Å²) in [5.41, 5.74) is 5.78. The van der Waals surface area contributed by atoms with Gasteiger partial charge in [0, 0.05) is 19.8 Å². The van der Waals surface area contributed by atoms with Gasteiger partial charge in [-0.3, -0.25) is 4.79 Å². The van der Waals surface area contributed by atoms with Crippen LogP contribution in [0.3, 0.4) is 0 Å². The number of ether oxygens (including phenoxy) is 1. The van der Waals surface area contributed by atoms with Crippen LogP contribution in [0.2, 0.25) is 0 Å². The number of hydrogen-bond acceptors (Lipinski definition) is 3. The van der Waals surface area contributed by atoms with Crippen molar-refractivity contribution in [1.29, 1.82) is 0 Å². The molecule has 1 saturated carbocycles. The predicted octanol–water partition coefficient (Wildman–Crippen LogP) is 1.44. The lowest BCUT2D eigenvalue weighted by Crippen LogP contribution is -2.46. The van der Waals surface area contributed by atoms with E-state index in [0.717, 1.165) is 18.8 Å². The first-order chi connectivity index (χ1) is 8.17. The highest BCUT2D eigenvalue weighted by atomic mass is 16.5. The fourth-order valence-corrected chi connectivity index (χ4v) is 2.40. The summed E-state index contributed by atoms with van der Waals surface area (Å²) >= 11 is 0. The van der Waals surface area contributed by atoms with E-state index < -0.39 is 6.04 Å². The standard InChI is InChI=1S/C13H26N2O2/c1-3-10-4-6-11(7-5-10)15-13(16)12(14)8-9-17-2/h10-12H,3-9,14H2,1-2H3,(H,15,16). The van der Waals surface area contributed by atoms with Crippen molar-refractivity contribution in [2.45, 2.75) is 57.5 Å². The Balaban J connectivity index is 2.22. The molecule has 0 aromatic carbocycles. The molecule has 1 fully saturated rings. The molecule has 1 amide bonds. The summed E-state index contributed by atoms with van der Waals surface area (Å²) < 4.78 is 4.92. The van der Waals surface area contributed by atoms with Crippen molar-refractivity contribution in [2.75, 3.05) is 13.7 Å². The normalized spacial score (nSPS) is 26.5. The second-order valence-electron chi connectivity index (χ2n) is 5.02. The van der Waals surface area contributed by atoms with Crippen LogP contribution < -0.4 is 11.1 Å². The third-order valence-electron chi connectivity index (χ3n) is 3.74. The number of methoxy groups -OCH3 is 1. The molecule has 0 aromatic rings. The van der Waals surface area contributed by atoms with E-state index >= 15 is 0 Å².